The molecule has 1 amide bonds. The predicted octanol–water partition coefficient (Wildman–Crippen LogP) is 2.84. The van der Waals surface area contributed by atoms with Crippen LogP contribution in [0, 0.1) is 0 Å². The lowest BCUT2D eigenvalue weighted by atomic mass is 9.99. The summed E-state index contributed by atoms with van der Waals surface area (Å²) in [5.41, 5.74) is 3.53. The van der Waals surface area contributed by atoms with E-state index in [1.807, 2.05) is 37.4 Å². The van der Waals surface area contributed by atoms with Crippen LogP contribution < -0.4 is 4.74 Å². The molecule has 24 heavy (non-hydrogen) atoms. The summed E-state index contributed by atoms with van der Waals surface area (Å²) in [5.74, 6) is 0.862. The van der Waals surface area contributed by atoms with Gasteiger partial charge in [-0.05, 0) is 28.8 Å². The smallest absolute Gasteiger partial charge is 0.226 e. The second kappa shape index (κ2) is 7.49. The standard InChI is InChI=1S/C20H23NO3/c1-21(20(22)11-15-6-5-9-18(10-15)23-2)13-19-12-16-7-3-4-8-17(16)14-24-19/h3-10,19H,11-14H2,1-2H3/t19-/m0/s1. The van der Waals surface area contributed by atoms with E-state index in [2.05, 4.69) is 18.2 Å². The maximum atomic E-state index is 12.5. The van der Waals surface area contributed by atoms with Gasteiger partial charge >= 0.3 is 0 Å². The fourth-order valence-electron chi connectivity index (χ4n) is 3.03. The topological polar surface area (TPSA) is 38.8 Å². The molecule has 1 aliphatic rings. The van der Waals surface area contributed by atoms with Crippen LogP contribution in [0.5, 0.6) is 5.75 Å². The monoisotopic (exact) mass is 325 g/mol. The molecule has 0 radical (unpaired) electrons. The summed E-state index contributed by atoms with van der Waals surface area (Å²) >= 11 is 0. The number of carbonyl (C=O) groups is 1. The summed E-state index contributed by atoms with van der Waals surface area (Å²) in [7, 11) is 3.47. The number of nitrogens with zero attached hydrogens (tertiary/aromatic N) is 1. The second-order valence-corrected chi connectivity index (χ2v) is 6.21. The summed E-state index contributed by atoms with van der Waals surface area (Å²) in [5, 5.41) is 0. The lowest BCUT2D eigenvalue weighted by Gasteiger charge is -2.29. The largest absolute Gasteiger partial charge is 0.497 e. The van der Waals surface area contributed by atoms with Crippen LogP contribution in [-0.2, 0) is 29.0 Å². The molecule has 1 aliphatic heterocycles. The van der Waals surface area contributed by atoms with Crippen molar-refractivity contribution in [1.82, 2.24) is 4.90 Å². The van der Waals surface area contributed by atoms with Crippen molar-refractivity contribution in [1.29, 1.82) is 0 Å². The molecule has 0 aromatic heterocycles. The van der Waals surface area contributed by atoms with Crippen LogP contribution in [0.4, 0.5) is 0 Å². The molecule has 0 unspecified atom stereocenters. The summed E-state index contributed by atoms with van der Waals surface area (Å²) in [6.45, 7) is 1.23. The number of benzene rings is 2. The first-order valence-corrected chi connectivity index (χ1v) is 8.21. The Morgan fingerprint density at radius 1 is 1.21 bits per heavy atom. The minimum atomic E-state index is 0.0548. The van der Waals surface area contributed by atoms with Gasteiger partial charge in [0.05, 0.1) is 26.2 Å². The van der Waals surface area contributed by atoms with Gasteiger partial charge in [-0.1, -0.05) is 36.4 Å². The Kier molecular flexibility index (Phi) is 5.16. The molecule has 0 saturated carbocycles. The summed E-state index contributed by atoms with van der Waals surface area (Å²) < 4.78 is 11.1. The Hall–Kier alpha value is -2.33. The molecule has 4 nitrogen and oxygen atoms in total. The first kappa shape index (κ1) is 16.5. The minimum Gasteiger partial charge on any atom is -0.497 e. The van der Waals surface area contributed by atoms with Crippen molar-refractivity contribution >= 4 is 5.91 Å². The molecule has 0 fully saturated rings. The number of ether oxygens (including phenoxy) is 2. The van der Waals surface area contributed by atoms with Gasteiger partial charge in [-0.15, -0.1) is 0 Å². The van der Waals surface area contributed by atoms with Crippen LogP contribution in [0.3, 0.4) is 0 Å². The van der Waals surface area contributed by atoms with Gasteiger partial charge in [0.1, 0.15) is 5.75 Å². The number of carbonyl (C=O) groups excluding carboxylic acids is 1. The minimum absolute atomic E-state index is 0.0548. The highest BCUT2D eigenvalue weighted by Gasteiger charge is 2.22. The Bertz CT molecular complexity index is 714. The van der Waals surface area contributed by atoms with E-state index in [1.54, 1.807) is 12.0 Å². The number of hydrogen-bond acceptors (Lipinski definition) is 3. The van der Waals surface area contributed by atoms with Crippen molar-refractivity contribution in [2.45, 2.75) is 25.6 Å². The fraction of sp³-hybridized carbons (Fsp3) is 0.350. The first-order valence-electron chi connectivity index (χ1n) is 8.21. The molecule has 126 valence electrons. The number of hydrogen-bond donors (Lipinski definition) is 0. The second-order valence-electron chi connectivity index (χ2n) is 6.21. The molecule has 0 saturated heterocycles. The Morgan fingerprint density at radius 3 is 2.79 bits per heavy atom. The van der Waals surface area contributed by atoms with Gasteiger partial charge in [-0.3, -0.25) is 4.79 Å². The Labute approximate surface area is 143 Å². The molecule has 4 heteroatoms. The average Bonchev–Trinajstić information content (AvgIpc) is 2.61. The molecule has 0 N–H and O–H groups in total. The summed E-state index contributed by atoms with van der Waals surface area (Å²) in [6, 6.07) is 16.0. The summed E-state index contributed by atoms with van der Waals surface area (Å²) in [6.07, 6.45) is 1.28. The highest BCUT2D eigenvalue weighted by atomic mass is 16.5. The Balaban J connectivity index is 1.57. The van der Waals surface area contributed by atoms with E-state index in [0.29, 0.717) is 19.6 Å². The van der Waals surface area contributed by atoms with Gasteiger partial charge in [0.15, 0.2) is 0 Å². The number of methoxy groups -OCH3 is 1. The quantitative estimate of drug-likeness (QED) is 0.848. The van der Waals surface area contributed by atoms with Crippen molar-refractivity contribution < 1.29 is 14.3 Å². The van der Waals surface area contributed by atoms with E-state index in [1.165, 1.54) is 11.1 Å². The van der Waals surface area contributed by atoms with Crippen molar-refractivity contribution in [2.24, 2.45) is 0 Å². The Morgan fingerprint density at radius 2 is 2.00 bits per heavy atom. The highest BCUT2D eigenvalue weighted by molar-refractivity contribution is 5.78. The van der Waals surface area contributed by atoms with Crippen molar-refractivity contribution in [3.63, 3.8) is 0 Å². The first-order chi connectivity index (χ1) is 11.7. The van der Waals surface area contributed by atoms with E-state index >= 15 is 0 Å². The predicted molar refractivity (Wildman–Crippen MR) is 93.1 cm³/mol. The van der Waals surface area contributed by atoms with Gasteiger partial charge in [0.25, 0.3) is 0 Å². The zero-order valence-electron chi connectivity index (χ0n) is 14.2. The molecule has 0 spiro atoms. The number of fused-ring (bicyclic) bond motifs is 1. The van der Waals surface area contributed by atoms with Gasteiger partial charge in [0.2, 0.25) is 5.91 Å². The van der Waals surface area contributed by atoms with Crippen LogP contribution >= 0.6 is 0 Å². The van der Waals surface area contributed by atoms with E-state index in [9.17, 15) is 4.79 Å². The zero-order valence-corrected chi connectivity index (χ0v) is 14.2. The van der Waals surface area contributed by atoms with Gasteiger partial charge in [0, 0.05) is 20.0 Å². The number of rotatable bonds is 5. The highest BCUT2D eigenvalue weighted by Crippen LogP contribution is 2.21. The van der Waals surface area contributed by atoms with E-state index in [0.717, 1.165) is 17.7 Å². The molecule has 1 heterocycles. The van der Waals surface area contributed by atoms with Crippen LogP contribution in [0.15, 0.2) is 48.5 Å². The van der Waals surface area contributed by atoms with Crippen LogP contribution in [0.2, 0.25) is 0 Å². The summed E-state index contributed by atoms with van der Waals surface area (Å²) in [4.78, 5) is 14.2. The maximum absolute atomic E-state index is 12.5. The molecule has 1 atom stereocenters. The number of likely N-dealkylation sites (N-methyl/N-ethyl adjacent to an activating group) is 1. The molecule has 2 aromatic rings. The SMILES string of the molecule is COc1cccc(CC(=O)N(C)C[C@@H]2Cc3ccccc3CO2)c1. The van der Waals surface area contributed by atoms with Crippen LogP contribution in [0.1, 0.15) is 16.7 Å². The lowest BCUT2D eigenvalue weighted by molar-refractivity contribution is -0.131. The maximum Gasteiger partial charge on any atom is 0.226 e. The van der Waals surface area contributed by atoms with Gasteiger partial charge in [-0.25, -0.2) is 0 Å². The van der Waals surface area contributed by atoms with Crippen LogP contribution in [-0.4, -0.2) is 37.6 Å². The third kappa shape index (κ3) is 3.95. The third-order valence-corrected chi connectivity index (χ3v) is 4.43. The van der Waals surface area contributed by atoms with E-state index in [-0.39, 0.29) is 12.0 Å². The molecule has 0 bridgehead atoms. The molecule has 0 aliphatic carbocycles. The van der Waals surface area contributed by atoms with Crippen molar-refractivity contribution in [3.05, 3.63) is 65.2 Å². The average molecular weight is 325 g/mol. The lowest BCUT2D eigenvalue weighted by Crippen LogP contribution is -2.38. The third-order valence-electron chi connectivity index (χ3n) is 4.43. The normalized spacial score (nSPS) is 16.3. The van der Waals surface area contributed by atoms with Crippen LogP contribution in [0.25, 0.3) is 0 Å². The van der Waals surface area contributed by atoms with E-state index in [4.69, 9.17) is 9.47 Å². The fourth-order valence-corrected chi connectivity index (χ4v) is 3.03. The van der Waals surface area contributed by atoms with Gasteiger partial charge < -0.3 is 14.4 Å². The van der Waals surface area contributed by atoms with E-state index < -0.39 is 0 Å². The van der Waals surface area contributed by atoms with Crippen molar-refractivity contribution in [3.8, 4) is 5.75 Å². The molecular weight excluding hydrogens is 302 g/mol. The number of amides is 1. The molecule has 3 rings (SSSR count). The molecular formula is C20H23NO3. The van der Waals surface area contributed by atoms with Crippen molar-refractivity contribution in [2.75, 3.05) is 20.7 Å². The zero-order chi connectivity index (χ0) is 16.9. The molecule has 2 aromatic carbocycles. The van der Waals surface area contributed by atoms with Gasteiger partial charge in [-0.2, -0.15) is 0 Å².